The number of hydrogen-bond acceptors (Lipinski definition) is 18. The van der Waals surface area contributed by atoms with Crippen LogP contribution >= 0.6 is 34.8 Å². The average Bonchev–Trinajstić information content (AvgIpc) is 1.55. The maximum absolute atomic E-state index is 13.4. The SMILES string of the molecule is CC(C)(C)OO.CI.COC1CCC2(CC1)Cc1ccc(C)cc1C21N=C(N)N(C)C1=O.COC1CCC2(CC1)Cc1ccc(C)cc1C21NC(=O)N(C)C1=O.COC1CCC2(CC1)Cc1ccc(C)cc1C21NC(=O)NC1=O.COC1CCC2(CC1)Cc1ccc(C)cc1C21NC(=S)N(C)C1=O.O=CO[O-].[H-].[K+].[K+]. The molecule has 8 amide bonds. The molecule has 8 aliphatic carbocycles. The first kappa shape index (κ1) is 90.8. The Labute approximate surface area is 747 Å². The number of hydrogen-bond donors (Lipinski definition) is 6. The number of ether oxygens (including phenoxy) is 4. The van der Waals surface area contributed by atoms with Crippen molar-refractivity contribution in [1.29, 1.82) is 0 Å². The standard InChI is InChI=1S/C19H25N3O2.C19H24N2O3.C19H24N2O2S.C18H22N2O3.C4H10O2.CH3I.CH2O3.2K.H/c1-12-4-5-13-11-18(8-6-14(24-3)7-9-18)19(15(13)10-12)16(23)22(2)17(20)21-19;1-12-4-5-13-11-18(8-6-14(24-3)7-9-18)19(15(13)10-12)16(22)21(2)17(23)20-19;1-12-4-5-13-11-18(8-6-14(23-3)7-9-18)19(15(13)10-12)16(22)21(2)17(24)20-19;1-11-3-4-12-10-17(7-5-13(23-2)6-8-17)18(14(12)9-11)15(21)19-16(22)20-18;1-4(2,3)6-5;1-2;2-1-4-3;;;/h4-5,10,14H,6-9,11H2,1-3H3,(H2,20,21);4-5,10,14H,6-9,11H2,1-3H3,(H,20,23);4-5,10,14H,6-9,11H2,1-3H3,(H,20,24);3-4,9,13H,5-8,10H2,1-2H3,(H2,19,20,21,22);5H,1-3H3;1H3;1,3H;;;/q;;;;;;;2*+1;-1/p-1. The van der Waals surface area contributed by atoms with Crippen molar-refractivity contribution in [3.63, 3.8) is 0 Å². The number of likely N-dealkylation sites (N-methyl/N-ethyl adjacent to an activating group) is 3. The molecule has 4 aliphatic heterocycles. The molecule has 8 spiro atoms. The number of aryl methyl sites for hydroxylation is 4. The molecule has 4 aromatic carbocycles. The molecule has 24 nitrogen and oxygen atoms in total. The number of rotatable bonds is 5. The molecule has 16 rings (SSSR count). The maximum Gasteiger partial charge on any atom is 1.00 e. The predicted octanol–water partition coefficient (Wildman–Crippen LogP) is 4.32. The third-order valence-corrected chi connectivity index (χ3v) is 26.1. The topological polar surface area (TPSA) is 314 Å². The second kappa shape index (κ2) is 36.2. The van der Waals surface area contributed by atoms with Crippen molar-refractivity contribution in [3.8, 4) is 0 Å². The second-order valence-corrected chi connectivity index (χ2v) is 32.8. The minimum atomic E-state index is -0.913. The van der Waals surface area contributed by atoms with Gasteiger partial charge in [0.05, 0.1) is 30.0 Å². The van der Waals surface area contributed by atoms with E-state index in [1.807, 2.05) is 18.8 Å². The van der Waals surface area contributed by atoms with Crippen LogP contribution in [0.25, 0.3) is 0 Å². The number of methoxy groups -OCH3 is 4. The summed E-state index contributed by atoms with van der Waals surface area (Å²) in [7, 11) is 12.2. The Bertz CT molecular complexity index is 3980. The Balaban J connectivity index is 0.000000192. The van der Waals surface area contributed by atoms with E-state index in [1.165, 1.54) is 37.6 Å². The van der Waals surface area contributed by atoms with Crippen molar-refractivity contribution in [1.82, 2.24) is 36.0 Å². The Hall–Kier alpha value is -3.75. The minimum Gasteiger partial charge on any atom is -1.00 e. The van der Waals surface area contributed by atoms with Gasteiger partial charge in [-0.05, 0) is 239 Å². The number of nitrogens with zero attached hydrogens (tertiary/aromatic N) is 4. The predicted molar refractivity (Wildman–Crippen MR) is 416 cm³/mol. The summed E-state index contributed by atoms with van der Waals surface area (Å²) in [6.07, 6.45) is 19.6. The van der Waals surface area contributed by atoms with Gasteiger partial charge in [0.25, 0.3) is 30.1 Å². The van der Waals surface area contributed by atoms with E-state index in [4.69, 9.17) is 57.2 Å². The van der Waals surface area contributed by atoms with Crippen LogP contribution in [0.1, 0.15) is 192 Å². The van der Waals surface area contributed by atoms with Crippen molar-refractivity contribution >= 4 is 88.0 Å². The molecule has 109 heavy (non-hydrogen) atoms. The van der Waals surface area contributed by atoms with Gasteiger partial charge >= 0.3 is 115 Å². The van der Waals surface area contributed by atoms with Crippen LogP contribution in [0.2, 0.25) is 0 Å². The number of halogens is 1. The fourth-order valence-corrected chi connectivity index (χ4v) is 20.4. The molecule has 3 saturated heterocycles. The minimum absolute atomic E-state index is 0. The van der Waals surface area contributed by atoms with E-state index in [0.29, 0.717) is 17.2 Å². The summed E-state index contributed by atoms with van der Waals surface area (Å²) in [6.45, 7) is 13.3. The molecular formula is C81H110IK2N9O15S. The Kier molecular flexibility index (Phi) is 30.1. The average molecular weight is 1690 g/mol. The first-order chi connectivity index (χ1) is 50.8. The van der Waals surface area contributed by atoms with Crippen molar-refractivity contribution in [2.75, 3.05) is 54.5 Å². The number of imide groups is 2. The molecule has 4 aromatic rings. The molecule has 4 heterocycles. The zero-order valence-corrected chi connectivity index (χ0v) is 76.0. The third kappa shape index (κ3) is 16.1. The van der Waals surface area contributed by atoms with E-state index in [0.717, 1.165) is 167 Å². The summed E-state index contributed by atoms with van der Waals surface area (Å²) in [4.78, 5) is 104. The van der Waals surface area contributed by atoms with E-state index >= 15 is 0 Å². The number of benzene rings is 4. The van der Waals surface area contributed by atoms with Gasteiger partial charge in [0.15, 0.2) is 33.2 Å². The van der Waals surface area contributed by atoms with Gasteiger partial charge in [-0.1, -0.05) is 118 Å². The van der Waals surface area contributed by atoms with Crippen LogP contribution in [0.15, 0.2) is 77.8 Å². The van der Waals surface area contributed by atoms with E-state index < -0.39 is 27.8 Å². The molecule has 0 bridgehead atoms. The van der Waals surface area contributed by atoms with Crippen molar-refractivity contribution < 1.29 is 177 Å². The van der Waals surface area contributed by atoms with E-state index in [9.17, 15) is 28.8 Å². The molecule has 28 heteroatoms. The maximum atomic E-state index is 13.4. The monoisotopic (exact) mass is 1690 g/mol. The molecule has 12 aliphatic rings. The summed E-state index contributed by atoms with van der Waals surface area (Å²) in [5, 5.41) is 29.0. The van der Waals surface area contributed by atoms with Gasteiger partial charge in [0.1, 0.15) is 0 Å². The van der Waals surface area contributed by atoms with Gasteiger partial charge in [-0.25, -0.2) is 19.5 Å². The number of nitrogens with two attached hydrogens (primary N) is 1. The summed E-state index contributed by atoms with van der Waals surface area (Å²) in [5.74, 6) is 0.172. The molecule has 4 saturated carbocycles. The smallest absolute Gasteiger partial charge is 1.00 e. The number of urea groups is 2. The molecule has 0 radical (unpaired) electrons. The van der Waals surface area contributed by atoms with E-state index in [1.54, 1.807) is 75.3 Å². The molecule has 7 fully saturated rings. The third-order valence-electron chi connectivity index (χ3n) is 25.7. The van der Waals surface area contributed by atoms with E-state index in [2.05, 4.69) is 140 Å². The first-order valence-electron chi connectivity index (χ1n) is 37.2. The first-order valence-corrected chi connectivity index (χ1v) is 39.8. The fraction of sp³-hybridized carbons (Fsp3) is 0.593. The van der Waals surface area contributed by atoms with E-state index in [-0.39, 0.29) is 186 Å². The summed E-state index contributed by atoms with van der Waals surface area (Å²) in [5.41, 5.74) is 15.2. The number of alkyl halides is 1. The number of carbonyl (C=O) groups excluding carboxylic acids is 7. The number of carbonyl (C=O) groups is 7. The molecule has 4 unspecified atom stereocenters. The van der Waals surface area contributed by atoms with Crippen LogP contribution in [0.3, 0.4) is 0 Å². The molecule has 584 valence electrons. The molecule has 0 aromatic heterocycles. The van der Waals surface area contributed by atoms with Crippen LogP contribution in [0.4, 0.5) is 9.59 Å². The van der Waals surface area contributed by atoms with Gasteiger partial charge in [0.2, 0.25) is 0 Å². The summed E-state index contributed by atoms with van der Waals surface area (Å²) >= 11 is 7.61. The van der Waals surface area contributed by atoms with Crippen molar-refractivity contribution in [2.24, 2.45) is 32.4 Å². The normalized spacial score (nSPS) is 31.5. The Morgan fingerprint density at radius 3 is 1.13 bits per heavy atom. The number of aliphatic imine (C=N–C) groups is 1. The number of amides is 8. The second-order valence-electron chi connectivity index (χ2n) is 32.4. The quantitative estimate of drug-likeness (QED) is 0.0237. The number of thiocarbonyl (C=S) groups is 1. The number of fused-ring (bicyclic) bond motifs is 12. The fourth-order valence-electron chi connectivity index (χ4n) is 20.1. The zero-order valence-electron chi connectivity index (χ0n) is 67.8. The largest absolute Gasteiger partial charge is 1.00 e. The van der Waals surface area contributed by atoms with Crippen molar-refractivity contribution in [2.45, 2.75) is 229 Å². The van der Waals surface area contributed by atoms with Crippen LogP contribution in [-0.2, 0) is 101 Å². The van der Waals surface area contributed by atoms with Gasteiger partial charge in [-0.15, -0.1) is 0 Å². The Morgan fingerprint density at radius 2 is 0.844 bits per heavy atom. The van der Waals surface area contributed by atoms with Gasteiger partial charge in [0, 0.05) is 71.2 Å². The molecular weight excluding hydrogens is 1580 g/mol. The Morgan fingerprint density at radius 1 is 0.532 bits per heavy atom. The van der Waals surface area contributed by atoms with Crippen LogP contribution in [0.5, 0.6) is 0 Å². The molecule has 7 N–H and O–H groups in total. The number of guanidine groups is 1. The van der Waals surface area contributed by atoms with Gasteiger partial charge in [-0.3, -0.25) is 49.2 Å². The van der Waals surface area contributed by atoms with Gasteiger partial charge in [-0.2, -0.15) is 0 Å². The van der Waals surface area contributed by atoms with Crippen LogP contribution in [0, 0.1) is 49.4 Å². The molecule has 4 atom stereocenters. The van der Waals surface area contributed by atoms with Gasteiger partial charge < -0.3 is 52.2 Å². The summed E-state index contributed by atoms with van der Waals surface area (Å²) in [6, 6.07) is 24.9. The zero-order chi connectivity index (χ0) is 78.2. The number of nitrogens with one attached hydrogen (secondary N) is 4. The van der Waals surface area contributed by atoms with Crippen LogP contribution in [-0.4, -0.2) is 158 Å². The van der Waals surface area contributed by atoms with Crippen LogP contribution < -0.4 is 135 Å². The van der Waals surface area contributed by atoms with Crippen molar-refractivity contribution in [3.05, 3.63) is 140 Å². The summed E-state index contributed by atoms with van der Waals surface area (Å²) < 4.78 is 22.2.